The number of aliphatic imine (C=N–C) groups is 1. The first-order chi connectivity index (χ1) is 21.4. The summed E-state index contributed by atoms with van der Waals surface area (Å²) in [5.74, 6) is -2.47. The van der Waals surface area contributed by atoms with E-state index in [2.05, 4.69) is 20.9 Å². The fraction of sp³-hybridized carbons (Fsp3) is 0.469. The minimum atomic E-state index is -1.07. The summed E-state index contributed by atoms with van der Waals surface area (Å²) in [6, 6.07) is 11.0. The van der Waals surface area contributed by atoms with Crippen LogP contribution >= 0.6 is 0 Å². The fourth-order valence-electron chi connectivity index (χ4n) is 4.92. The number of hydrogen-bond donors (Lipinski definition) is 8. The third-order valence-corrected chi connectivity index (χ3v) is 7.51. The molecule has 246 valence electrons. The van der Waals surface area contributed by atoms with Gasteiger partial charge in [0.15, 0.2) is 5.96 Å². The van der Waals surface area contributed by atoms with Gasteiger partial charge in [-0.15, -0.1) is 0 Å². The summed E-state index contributed by atoms with van der Waals surface area (Å²) in [7, 11) is 0. The summed E-state index contributed by atoms with van der Waals surface area (Å²) in [5, 5.41) is 8.22. The molecular formula is C32H49N9O4. The number of aryl methyl sites for hydroxylation is 2. The first-order valence-corrected chi connectivity index (χ1v) is 15.2. The number of hydrogen-bond acceptors (Lipinski definition) is 7. The van der Waals surface area contributed by atoms with E-state index in [1.807, 2.05) is 62.4 Å². The molecule has 0 aliphatic rings. The Labute approximate surface area is 265 Å². The van der Waals surface area contributed by atoms with Gasteiger partial charge in [-0.25, -0.2) is 0 Å². The number of primary amides is 1. The molecule has 0 aliphatic carbocycles. The molecule has 0 saturated carbocycles. The molecule has 13 nitrogen and oxygen atoms in total. The van der Waals surface area contributed by atoms with E-state index in [4.69, 9.17) is 28.7 Å². The van der Waals surface area contributed by atoms with Gasteiger partial charge in [-0.05, 0) is 81.2 Å². The van der Waals surface area contributed by atoms with Crippen molar-refractivity contribution in [3.05, 3.63) is 70.8 Å². The van der Waals surface area contributed by atoms with E-state index in [0.717, 1.165) is 22.3 Å². The molecule has 2 aromatic rings. The average molecular weight is 624 g/mol. The molecule has 0 aromatic heterocycles. The van der Waals surface area contributed by atoms with Crippen molar-refractivity contribution >= 4 is 29.6 Å². The number of carbonyl (C=O) groups is 4. The summed E-state index contributed by atoms with van der Waals surface area (Å²) in [6.07, 6.45) is 2.52. The van der Waals surface area contributed by atoms with Gasteiger partial charge in [0, 0.05) is 13.0 Å². The number of amides is 4. The summed E-state index contributed by atoms with van der Waals surface area (Å²) in [6.45, 7) is 4.57. The summed E-state index contributed by atoms with van der Waals surface area (Å²) in [5.41, 5.74) is 32.1. The molecule has 45 heavy (non-hydrogen) atoms. The Bertz CT molecular complexity index is 1280. The van der Waals surface area contributed by atoms with E-state index in [-0.39, 0.29) is 31.8 Å². The molecule has 0 fully saturated rings. The maximum Gasteiger partial charge on any atom is 0.243 e. The number of rotatable bonds is 19. The van der Waals surface area contributed by atoms with Crippen LogP contribution in [0.3, 0.4) is 0 Å². The van der Waals surface area contributed by atoms with Crippen LogP contribution in [0.15, 0.2) is 53.5 Å². The lowest BCUT2D eigenvalue weighted by Crippen LogP contribution is -2.58. The highest BCUT2D eigenvalue weighted by Crippen LogP contribution is 2.15. The van der Waals surface area contributed by atoms with Gasteiger partial charge >= 0.3 is 0 Å². The van der Waals surface area contributed by atoms with Crippen LogP contribution in [0.1, 0.15) is 54.4 Å². The molecule has 4 atom stereocenters. The first kappa shape index (κ1) is 36.7. The summed E-state index contributed by atoms with van der Waals surface area (Å²) < 4.78 is 0. The lowest BCUT2D eigenvalue weighted by molar-refractivity contribution is -0.133. The highest BCUT2D eigenvalue weighted by Gasteiger charge is 2.30. The van der Waals surface area contributed by atoms with Crippen molar-refractivity contribution in [3.8, 4) is 0 Å². The fourth-order valence-corrected chi connectivity index (χ4v) is 4.92. The zero-order chi connectivity index (χ0) is 33.4. The van der Waals surface area contributed by atoms with Crippen LogP contribution in [0.2, 0.25) is 0 Å². The van der Waals surface area contributed by atoms with Gasteiger partial charge in [0.1, 0.15) is 18.1 Å². The molecule has 0 unspecified atom stereocenters. The highest BCUT2D eigenvalue weighted by molar-refractivity contribution is 5.94. The molecule has 2 aromatic carbocycles. The first-order valence-electron chi connectivity index (χ1n) is 15.2. The van der Waals surface area contributed by atoms with Gasteiger partial charge < -0.3 is 44.6 Å². The monoisotopic (exact) mass is 623 g/mol. The molecular weight excluding hydrogens is 574 g/mol. The third-order valence-electron chi connectivity index (χ3n) is 7.51. The largest absolute Gasteiger partial charge is 0.370 e. The summed E-state index contributed by atoms with van der Waals surface area (Å²) in [4.78, 5) is 56.5. The molecule has 0 aliphatic heterocycles. The van der Waals surface area contributed by atoms with Crippen molar-refractivity contribution in [2.24, 2.45) is 33.7 Å². The molecule has 0 bridgehead atoms. The molecule has 2 rings (SSSR count). The van der Waals surface area contributed by atoms with Gasteiger partial charge in [-0.3, -0.25) is 24.2 Å². The predicted octanol–water partition coefficient (Wildman–Crippen LogP) is -0.462. The van der Waals surface area contributed by atoms with Crippen molar-refractivity contribution in [1.29, 1.82) is 0 Å². The van der Waals surface area contributed by atoms with E-state index in [9.17, 15) is 19.2 Å². The maximum absolute atomic E-state index is 13.7. The minimum absolute atomic E-state index is 0.0919. The average Bonchev–Trinajstić information content (AvgIpc) is 2.99. The van der Waals surface area contributed by atoms with E-state index >= 15 is 0 Å². The van der Waals surface area contributed by atoms with E-state index in [0.29, 0.717) is 32.2 Å². The number of nitrogens with one attached hydrogen (secondary N) is 3. The Hall–Kier alpha value is -4.49. The molecule has 13 N–H and O–H groups in total. The number of nitrogens with zero attached hydrogens (tertiary/aromatic N) is 1. The van der Waals surface area contributed by atoms with Crippen molar-refractivity contribution < 1.29 is 19.2 Å². The van der Waals surface area contributed by atoms with Gasteiger partial charge in [-0.2, -0.15) is 0 Å². The lowest BCUT2D eigenvalue weighted by Gasteiger charge is -2.26. The van der Waals surface area contributed by atoms with Gasteiger partial charge in [0.25, 0.3) is 0 Å². The summed E-state index contributed by atoms with van der Waals surface area (Å²) >= 11 is 0. The maximum atomic E-state index is 13.7. The zero-order valence-electron chi connectivity index (χ0n) is 26.3. The second-order valence-electron chi connectivity index (χ2n) is 11.2. The van der Waals surface area contributed by atoms with Crippen LogP contribution in [0, 0.1) is 13.8 Å². The topological polar surface area (TPSA) is 247 Å². The number of unbranched alkanes of at least 4 members (excludes halogenated alkanes) is 1. The zero-order valence-corrected chi connectivity index (χ0v) is 26.3. The van der Waals surface area contributed by atoms with Gasteiger partial charge in [0.2, 0.25) is 23.6 Å². The molecule has 13 heteroatoms. The number of nitrogens with two attached hydrogens (primary N) is 5. The highest BCUT2D eigenvalue weighted by atomic mass is 16.2. The smallest absolute Gasteiger partial charge is 0.243 e. The van der Waals surface area contributed by atoms with Crippen molar-refractivity contribution in [2.75, 3.05) is 13.1 Å². The van der Waals surface area contributed by atoms with Crippen LogP contribution in [-0.4, -0.2) is 66.8 Å². The Kier molecular flexibility index (Phi) is 15.5. The Morgan fingerprint density at radius 3 is 1.89 bits per heavy atom. The van der Waals surface area contributed by atoms with Gasteiger partial charge in [-0.1, -0.05) is 48.5 Å². The second-order valence-corrected chi connectivity index (χ2v) is 11.2. The van der Waals surface area contributed by atoms with Crippen LogP contribution < -0.4 is 44.6 Å². The quantitative estimate of drug-likeness (QED) is 0.0576. The normalized spacial score (nSPS) is 13.5. The van der Waals surface area contributed by atoms with Crippen LogP contribution in [0.4, 0.5) is 0 Å². The Morgan fingerprint density at radius 1 is 0.711 bits per heavy atom. The van der Waals surface area contributed by atoms with Crippen molar-refractivity contribution in [1.82, 2.24) is 16.0 Å². The predicted molar refractivity (Wildman–Crippen MR) is 176 cm³/mol. The number of benzene rings is 2. The van der Waals surface area contributed by atoms with E-state index in [1.165, 1.54) is 0 Å². The third kappa shape index (κ3) is 13.0. The molecule has 0 spiro atoms. The van der Waals surface area contributed by atoms with Crippen LogP contribution in [0.25, 0.3) is 0 Å². The van der Waals surface area contributed by atoms with Crippen molar-refractivity contribution in [3.63, 3.8) is 0 Å². The number of guanidine groups is 1. The number of carbonyl (C=O) groups excluding carboxylic acids is 4. The Balaban J connectivity index is 2.26. The standard InChI is InChI=1S/C32H49N9O4/c1-20-10-8-11-21(2)23(20)19-24(34)29(43)40-26(15-9-17-38-32(36)37)30(44)41-27(18-22-12-4-3-5-13-22)31(45)39-25(28(35)42)14-6-7-16-33/h3-5,8,10-13,24-27H,6-7,9,14-19,33-34H2,1-2H3,(H2,35,42)(H,39,45)(H,40,43)(H,41,44)(H4,36,37,38)/t24-,25-,26+,27-/m0/s1. The lowest BCUT2D eigenvalue weighted by atomic mass is 9.96. The SMILES string of the molecule is Cc1cccc(C)c1C[C@H](N)C(=O)N[C@H](CCCN=C(N)N)C(=O)N[C@@H](Cc1ccccc1)C(=O)N[C@@H](CCCCN)C(N)=O. The van der Waals surface area contributed by atoms with Crippen molar-refractivity contribution in [2.45, 2.75) is 83.0 Å². The Morgan fingerprint density at radius 2 is 1.29 bits per heavy atom. The molecule has 0 saturated heterocycles. The van der Waals surface area contributed by atoms with E-state index < -0.39 is 47.8 Å². The van der Waals surface area contributed by atoms with Crippen LogP contribution in [0.5, 0.6) is 0 Å². The van der Waals surface area contributed by atoms with Crippen LogP contribution in [-0.2, 0) is 32.0 Å². The molecule has 0 heterocycles. The second kappa shape index (κ2) is 19.0. The molecule has 0 radical (unpaired) electrons. The van der Waals surface area contributed by atoms with Gasteiger partial charge in [0.05, 0.1) is 6.04 Å². The minimum Gasteiger partial charge on any atom is -0.370 e. The van der Waals surface area contributed by atoms with E-state index in [1.54, 1.807) is 0 Å². The molecule has 4 amide bonds.